The molecule has 0 atom stereocenters. The number of hydrogen-bond acceptors (Lipinski definition) is 8. The minimum absolute atomic E-state index is 0.105. The third-order valence-electron chi connectivity index (χ3n) is 4.73. The van der Waals surface area contributed by atoms with Crippen molar-refractivity contribution in [1.29, 1.82) is 0 Å². The number of nitrogens with zero attached hydrogens (tertiary/aromatic N) is 5. The maximum absolute atomic E-state index is 13.0. The Bertz CT molecular complexity index is 1460. The Morgan fingerprint density at radius 2 is 1.65 bits per heavy atom. The summed E-state index contributed by atoms with van der Waals surface area (Å²) < 4.78 is 0. The quantitative estimate of drug-likeness (QED) is 0.449. The second kappa shape index (κ2) is 8.65. The molecule has 2 heterocycles. The van der Waals surface area contributed by atoms with E-state index in [1.54, 1.807) is 6.07 Å². The van der Waals surface area contributed by atoms with Gasteiger partial charge in [0.05, 0.1) is 35.3 Å². The van der Waals surface area contributed by atoms with Crippen LogP contribution in [0.3, 0.4) is 0 Å². The van der Waals surface area contributed by atoms with Gasteiger partial charge in [-0.3, -0.25) is 24.0 Å². The molecule has 3 aliphatic rings. The normalized spacial score (nSPS) is 15.6. The lowest BCUT2D eigenvalue weighted by molar-refractivity contribution is -0.128. The molecule has 0 spiro atoms. The van der Waals surface area contributed by atoms with E-state index in [4.69, 9.17) is 0 Å². The molecule has 1 aromatic carbocycles. The van der Waals surface area contributed by atoms with Crippen molar-refractivity contribution in [3.8, 4) is 0 Å². The molecule has 0 saturated carbocycles. The van der Waals surface area contributed by atoms with E-state index >= 15 is 0 Å². The molecule has 12 heteroatoms. The highest BCUT2D eigenvalue weighted by molar-refractivity contribution is 6.55. The van der Waals surface area contributed by atoms with Gasteiger partial charge >= 0.3 is 6.03 Å². The molecule has 0 saturated heterocycles. The SMILES string of the molecule is CC(=O)CC(=O)NC1=CC=C2N=C(N(C(=O)CC(C)=O)c3cccc4c3=NC(=O)N=4)N=C2C1=O. The number of hydrogen-bond donors (Lipinski definition) is 1. The minimum Gasteiger partial charge on any atom is -0.322 e. The number of fused-ring (bicyclic) bond motifs is 2. The molecule has 170 valence electrons. The second-order valence-corrected chi connectivity index (χ2v) is 7.52. The van der Waals surface area contributed by atoms with Crippen LogP contribution in [-0.4, -0.2) is 46.9 Å². The first-order valence-corrected chi connectivity index (χ1v) is 10.0. The lowest BCUT2D eigenvalue weighted by Gasteiger charge is -2.19. The first-order chi connectivity index (χ1) is 16.1. The van der Waals surface area contributed by atoms with Crippen LogP contribution in [0.4, 0.5) is 10.5 Å². The van der Waals surface area contributed by atoms with Gasteiger partial charge in [0, 0.05) is 0 Å². The smallest absolute Gasteiger partial charge is 0.322 e. The van der Waals surface area contributed by atoms with Crippen LogP contribution in [0.15, 0.2) is 61.7 Å². The third-order valence-corrected chi connectivity index (χ3v) is 4.73. The zero-order valence-corrected chi connectivity index (χ0v) is 18.0. The Kier molecular flexibility index (Phi) is 5.72. The van der Waals surface area contributed by atoms with Crippen LogP contribution in [0.25, 0.3) is 0 Å². The van der Waals surface area contributed by atoms with Crippen molar-refractivity contribution >= 4 is 52.6 Å². The molecule has 2 aliphatic heterocycles. The average molecular weight is 460 g/mol. The molecule has 0 aromatic heterocycles. The van der Waals surface area contributed by atoms with Crippen molar-refractivity contribution in [2.45, 2.75) is 26.7 Å². The Balaban J connectivity index is 1.72. The van der Waals surface area contributed by atoms with Crippen LogP contribution < -0.4 is 20.9 Å². The summed E-state index contributed by atoms with van der Waals surface area (Å²) in [5.41, 5.74) is 0.0138. The Morgan fingerprint density at radius 3 is 2.35 bits per heavy atom. The number of rotatable bonds is 6. The number of allylic oxidation sites excluding steroid dienone is 4. The molecule has 0 radical (unpaired) electrons. The van der Waals surface area contributed by atoms with Crippen LogP contribution in [0.1, 0.15) is 26.7 Å². The van der Waals surface area contributed by atoms with E-state index in [1.807, 2.05) is 0 Å². The molecule has 4 amide bonds. The number of carbonyl (C=O) groups is 6. The minimum atomic E-state index is -0.747. The fraction of sp³-hybridized carbons (Fsp3) is 0.182. The number of ketones is 3. The van der Waals surface area contributed by atoms with Gasteiger partial charge in [0.2, 0.25) is 23.6 Å². The summed E-state index contributed by atoms with van der Waals surface area (Å²) >= 11 is 0. The number of guanidine groups is 1. The summed E-state index contributed by atoms with van der Waals surface area (Å²) in [7, 11) is 0. The van der Waals surface area contributed by atoms with Crippen molar-refractivity contribution < 1.29 is 28.8 Å². The number of aliphatic imine (C=N–C) groups is 2. The van der Waals surface area contributed by atoms with E-state index in [2.05, 4.69) is 25.3 Å². The zero-order valence-electron chi connectivity index (χ0n) is 18.0. The molecule has 1 aromatic rings. The molecular formula is C22H16N6O6. The van der Waals surface area contributed by atoms with Crippen LogP contribution in [0.5, 0.6) is 0 Å². The van der Waals surface area contributed by atoms with Crippen LogP contribution >= 0.6 is 0 Å². The van der Waals surface area contributed by atoms with Crippen LogP contribution in [0, 0.1) is 0 Å². The Morgan fingerprint density at radius 1 is 0.912 bits per heavy atom. The molecule has 1 aliphatic carbocycles. The molecule has 1 N–H and O–H groups in total. The van der Waals surface area contributed by atoms with Gasteiger partial charge in [0.15, 0.2) is 0 Å². The maximum atomic E-state index is 13.0. The summed E-state index contributed by atoms with van der Waals surface area (Å²) in [6.45, 7) is 2.48. The van der Waals surface area contributed by atoms with Gasteiger partial charge in [-0.1, -0.05) is 6.07 Å². The van der Waals surface area contributed by atoms with Crippen LogP contribution in [0.2, 0.25) is 0 Å². The van der Waals surface area contributed by atoms with Gasteiger partial charge in [0.25, 0.3) is 0 Å². The van der Waals surface area contributed by atoms with Crippen LogP contribution in [-0.2, 0) is 24.0 Å². The number of nitrogens with one attached hydrogen (secondary N) is 1. The van der Waals surface area contributed by atoms with Gasteiger partial charge in [-0.25, -0.2) is 19.7 Å². The van der Waals surface area contributed by atoms with Crippen molar-refractivity contribution in [3.63, 3.8) is 0 Å². The molecule has 12 nitrogen and oxygen atoms in total. The predicted molar refractivity (Wildman–Crippen MR) is 116 cm³/mol. The van der Waals surface area contributed by atoms with Crippen molar-refractivity contribution in [1.82, 2.24) is 5.32 Å². The first kappa shape index (κ1) is 22.5. The zero-order chi connectivity index (χ0) is 24.6. The molecule has 4 rings (SSSR count). The largest absolute Gasteiger partial charge is 0.368 e. The van der Waals surface area contributed by atoms with E-state index < -0.39 is 42.3 Å². The summed E-state index contributed by atoms with van der Waals surface area (Å²) in [6, 6.07) is 3.82. The Labute approximate surface area is 191 Å². The lowest BCUT2D eigenvalue weighted by atomic mass is 10.0. The summed E-state index contributed by atoms with van der Waals surface area (Å²) in [6.07, 6.45) is 1.85. The van der Waals surface area contributed by atoms with E-state index in [0.717, 1.165) is 4.90 Å². The Hall–Kier alpha value is -4.74. The molecule has 0 fully saturated rings. The molecule has 0 unspecified atom stereocenters. The molecule has 34 heavy (non-hydrogen) atoms. The topological polar surface area (TPSA) is 167 Å². The number of amides is 4. The van der Waals surface area contributed by atoms with E-state index in [-0.39, 0.29) is 45.3 Å². The lowest BCUT2D eigenvalue weighted by Crippen LogP contribution is -2.42. The van der Waals surface area contributed by atoms with E-state index in [1.165, 1.54) is 38.1 Å². The van der Waals surface area contributed by atoms with Gasteiger partial charge in [-0.2, -0.15) is 9.98 Å². The number of benzene rings is 1. The van der Waals surface area contributed by atoms with Gasteiger partial charge in [-0.15, -0.1) is 0 Å². The number of para-hydroxylation sites is 1. The number of urea groups is 1. The average Bonchev–Trinajstić information content (AvgIpc) is 3.33. The number of Topliss-reactive ketones (excluding diaryl/α,β-unsaturated/α-hetero) is 3. The fourth-order valence-electron chi connectivity index (χ4n) is 3.38. The monoisotopic (exact) mass is 460 g/mol. The molecular weight excluding hydrogens is 444 g/mol. The van der Waals surface area contributed by atoms with Gasteiger partial charge in [0.1, 0.15) is 22.6 Å². The molecule has 0 bridgehead atoms. The second-order valence-electron chi connectivity index (χ2n) is 7.52. The van der Waals surface area contributed by atoms with Gasteiger partial charge in [-0.05, 0) is 38.1 Å². The standard InChI is InChI=1S/C22H16N6O6/c1-10(29)8-16(31)23-14-7-6-13-19(20(14)33)26-21(24-13)28(17(32)9-11(2)30)15-5-3-4-12-18(15)27-22(34)25-12/h3-7H,8-9H2,1-2H3,(H,23,31). The highest BCUT2D eigenvalue weighted by Gasteiger charge is 2.34. The summed E-state index contributed by atoms with van der Waals surface area (Å²) in [5.74, 6) is -3.03. The van der Waals surface area contributed by atoms with Crippen molar-refractivity contribution in [2.24, 2.45) is 20.0 Å². The fourth-order valence-corrected chi connectivity index (χ4v) is 3.38. The number of anilines is 1. The maximum Gasteiger partial charge on any atom is 0.368 e. The highest BCUT2D eigenvalue weighted by Crippen LogP contribution is 2.23. The number of carbonyl (C=O) groups excluding carboxylic acids is 6. The van der Waals surface area contributed by atoms with E-state index in [0.29, 0.717) is 0 Å². The van der Waals surface area contributed by atoms with E-state index in [9.17, 15) is 28.8 Å². The van der Waals surface area contributed by atoms with Crippen molar-refractivity contribution in [3.05, 3.63) is 52.5 Å². The summed E-state index contributed by atoms with van der Waals surface area (Å²) in [4.78, 5) is 89.3. The van der Waals surface area contributed by atoms with Crippen molar-refractivity contribution in [2.75, 3.05) is 4.90 Å². The third kappa shape index (κ3) is 4.28. The summed E-state index contributed by atoms with van der Waals surface area (Å²) in [5, 5.41) is 2.71. The predicted octanol–water partition coefficient (Wildman–Crippen LogP) is -0.372. The van der Waals surface area contributed by atoms with Gasteiger partial charge < -0.3 is 5.32 Å². The highest BCUT2D eigenvalue weighted by atomic mass is 16.2. The first-order valence-electron chi connectivity index (χ1n) is 10.0.